The van der Waals surface area contributed by atoms with E-state index in [1.165, 1.54) is 5.56 Å². The molecule has 0 aromatic heterocycles. The molecule has 0 saturated carbocycles. The van der Waals surface area contributed by atoms with Gasteiger partial charge in [0.05, 0.1) is 0 Å². The Labute approximate surface area is 115 Å². The number of hydrogen-bond acceptors (Lipinski definition) is 1. The first-order chi connectivity index (χ1) is 9.09. The Morgan fingerprint density at radius 2 is 1.63 bits per heavy atom. The summed E-state index contributed by atoms with van der Waals surface area (Å²) in [7, 11) is 0. The maximum Gasteiger partial charge on any atom is 0.0379 e. The van der Waals surface area contributed by atoms with Gasteiger partial charge in [0, 0.05) is 5.69 Å². The van der Waals surface area contributed by atoms with Crippen LogP contribution in [0, 0.1) is 20.8 Å². The zero-order chi connectivity index (χ0) is 13.8. The van der Waals surface area contributed by atoms with Crippen LogP contribution in [0.2, 0.25) is 0 Å². The average Bonchev–Trinajstić information content (AvgIpc) is 2.41. The fourth-order valence-corrected chi connectivity index (χ4v) is 2.21. The summed E-state index contributed by atoms with van der Waals surface area (Å²) in [6.07, 6.45) is 3.99. The van der Waals surface area contributed by atoms with E-state index in [9.17, 15) is 0 Å². The van der Waals surface area contributed by atoms with Crippen molar-refractivity contribution in [2.75, 3.05) is 5.73 Å². The number of nitrogens with two attached hydrogens (primary N) is 1. The molecule has 2 rings (SSSR count). The molecular formula is C18H19N. The van der Waals surface area contributed by atoms with Crippen molar-refractivity contribution in [1.29, 1.82) is 0 Å². The van der Waals surface area contributed by atoms with Crippen molar-refractivity contribution in [3.05, 3.63) is 69.9 Å². The zero-order valence-corrected chi connectivity index (χ0v) is 11.7. The largest absolute Gasteiger partial charge is 0.398 e. The van der Waals surface area contributed by atoms with Crippen molar-refractivity contribution in [3.63, 3.8) is 0 Å². The molecule has 0 fully saturated rings. The van der Waals surface area contributed by atoms with E-state index in [2.05, 4.69) is 37.8 Å². The lowest BCUT2D eigenvalue weighted by Crippen LogP contribution is -1.98. The third-order valence-corrected chi connectivity index (χ3v) is 3.37. The van der Waals surface area contributed by atoms with Crippen molar-refractivity contribution in [1.82, 2.24) is 0 Å². The van der Waals surface area contributed by atoms with Crippen LogP contribution in [0.25, 0.3) is 12.2 Å². The van der Waals surface area contributed by atoms with Gasteiger partial charge in [-0.05, 0) is 60.7 Å². The van der Waals surface area contributed by atoms with Crippen LogP contribution in [-0.2, 0) is 0 Å². The summed E-state index contributed by atoms with van der Waals surface area (Å²) in [5.41, 5.74) is 16.0. The number of rotatable bonds is 2. The molecule has 0 heterocycles. The van der Waals surface area contributed by atoms with Crippen LogP contribution in [0.5, 0.6) is 0 Å². The van der Waals surface area contributed by atoms with Crippen molar-refractivity contribution < 1.29 is 0 Å². The first-order valence-electron chi connectivity index (χ1n) is 6.43. The van der Waals surface area contributed by atoms with E-state index in [4.69, 9.17) is 5.73 Å². The highest BCUT2D eigenvalue weighted by Gasteiger charge is 2.05. The molecule has 0 aliphatic rings. The fraction of sp³-hybridized carbons (Fsp3) is 0.167. The second kappa shape index (κ2) is 5.60. The predicted molar refractivity (Wildman–Crippen MR) is 83.9 cm³/mol. The van der Waals surface area contributed by atoms with Gasteiger partial charge in [-0.15, -0.1) is 5.73 Å². The van der Waals surface area contributed by atoms with Crippen LogP contribution >= 0.6 is 0 Å². The molecule has 1 heteroatoms. The Bertz CT molecular complexity index is 645. The Hall–Kier alpha value is -2.24. The van der Waals surface area contributed by atoms with Crippen LogP contribution < -0.4 is 5.73 Å². The number of nitrogen functional groups attached to an aromatic ring is 1. The lowest BCUT2D eigenvalue weighted by Gasteiger charge is -2.10. The summed E-state index contributed by atoms with van der Waals surface area (Å²) in [6.45, 7) is 6.21. The van der Waals surface area contributed by atoms with Crippen molar-refractivity contribution in [3.8, 4) is 0 Å². The van der Waals surface area contributed by atoms with E-state index in [0.29, 0.717) is 0 Å². The highest BCUT2D eigenvalue weighted by molar-refractivity contribution is 5.69. The van der Waals surface area contributed by atoms with Gasteiger partial charge in [-0.25, -0.2) is 0 Å². The molecule has 0 atom stereocenters. The second-order valence-electron chi connectivity index (χ2n) is 4.83. The van der Waals surface area contributed by atoms with Gasteiger partial charge in [-0.3, -0.25) is 0 Å². The quantitative estimate of drug-likeness (QED) is 0.614. The molecule has 1 nitrogen and oxygen atoms in total. The molecule has 0 unspecified atom stereocenters. The highest BCUT2D eigenvalue weighted by Crippen LogP contribution is 2.24. The third-order valence-electron chi connectivity index (χ3n) is 3.37. The minimum absolute atomic E-state index is 0.873. The maximum absolute atomic E-state index is 6.08. The summed E-state index contributed by atoms with van der Waals surface area (Å²) in [5.74, 6) is 0. The van der Waals surface area contributed by atoms with Crippen molar-refractivity contribution in [2.24, 2.45) is 0 Å². The summed E-state index contributed by atoms with van der Waals surface area (Å²) in [5, 5.41) is 0. The molecule has 2 N–H and O–H groups in total. The van der Waals surface area contributed by atoms with Crippen LogP contribution in [-0.4, -0.2) is 0 Å². The van der Waals surface area contributed by atoms with E-state index >= 15 is 0 Å². The molecule has 19 heavy (non-hydrogen) atoms. The Morgan fingerprint density at radius 1 is 0.947 bits per heavy atom. The van der Waals surface area contributed by atoms with Crippen LogP contribution in [0.15, 0.2) is 42.1 Å². The highest BCUT2D eigenvalue weighted by atomic mass is 14.6. The molecule has 0 radical (unpaired) electrons. The average molecular weight is 249 g/mol. The van der Waals surface area contributed by atoms with E-state index in [1.54, 1.807) is 0 Å². The van der Waals surface area contributed by atoms with Crippen LogP contribution in [0.3, 0.4) is 0 Å². The monoisotopic (exact) mass is 249 g/mol. The lowest BCUT2D eigenvalue weighted by atomic mass is 9.97. The SMILES string of the molecule is Cc1cc(C)c(C=C=Cc2ccccc2)c(C)c1N. The lowest BCUT2D eigenvalue weighted by molar-refractivity contribution is 1.31. The molecule has 0 aliphatic carbocycles. The first-order valence-corrected chi connectivity index (χ1v) is 6.43. The number of hydrogen-bond donors (Lipinski definition) is 1. The topological polar surface area (TPSA) is 26.0 Å². The Balaban J connectivity index is 2.39. The van der Waals surface area contributed by atoms with Crippen molar-refractivity contribution >= 4 is 17.8 Å². The Morgan fingerprint density at radius 3 is 2.32 bits per heavy atom. The minimum atomic E-state index is 0.873. The molecule has 96 valence electrons. The van der Waals surface area contributed by atoms with Gasteiger partial charge >= 0.3 is 0 Å². The summed E-state index contributed by atoms with van der Waals surface area (Å²) in [6, 6.07) is 12.3. The first kappa shape index (κ1) is 13.2. The predicted octanol–water partition coefficient (Wildman–Crippen LogP) is 4.52. The molecular weight excluding hydrogens is 230 g/mol. The maximum atomic E-state index is 6.08. The van der Waals surface area contributed by atoms with Gasteiger partial charge in [0.15, 0.2) is 0 Å². The number of aryl methyl sites for hydroxylation is 2. The van der Waals surface area contributed by atoms with Crippen LogP contribution in [0.1, 0.15) is 27.8 Å². The standard InChI is InChI=1S/C18H19N/c1-13-12-14(2)18(19)15(3)17(13)11-7-10-16-8-5-4-6-9-16/h4-6,8-12H,19H2,1-3H3. The minimum Gasteiger partial charge on any atom is -0.398 e. The van der Waals surface area contributed by atoms with Gasteiger partial charge in [0.25, 0.3) is 0 Å². The zero-order valence-electron chi connectivity index (χ0n) is 11.7. The van der Waals surface area contributed by atoms with Gasteiger partial charge in [0.1, 0.15) is 0 Å². The van der Waals surface area contributed by atoms with E-state index in [-0.39, 0.29) is 0 Å². The van der Waals surface area contributed by atoms with Gasteiger partial charge in [-0.2, -0.15) is 0 Å². The van der Waals surface area contributed by atoms with Crippen LogP contribution in [0.4, 0.5) is 5.69 Å². The van der Waals surface area contributed by atoms with Gasteiger partial charge < -0.3 is 5.73 Å². The smallest absolute Gasteiger partial charge is 0.0379 e. The molecule has 0 amide bonds. The normalized spacial score (nSPS) is 9.84. The second-order valence-corrected chi connectivity index (χ2v) is 4.83. The number of benzene rings is 2. The van der Waals surface area contributed by atoms with Gasteiger partial charge in [-0.1, -0.05) is 36.4 Å². The van der Waals surface area contributed by atoms with Gasteiger partial charge in [0.2, 0.25) is 0 Å². The number of anilines is 1. The molecule has 0 aliphatic heterocycles. The molecule has 2 aromatic rings. The molecule has 0 bridgehead atoms. The summed E-state index contributed by atoms with van der Waals surface area (Å²) < 4.78 is 0. The van der Waals surface area contributed by atoms with Crippen molar-refractivity contribution in [2.45, 2.75) is 20.8 Å². The molecule has 0 spiro atoms. The Kier molecular flexibility index (Phi) is 3.89. The van der Waals surface area contributed by atoms with E-state index in [0.717, 1.165) is 27.9 Å². The fourth-order valence-electron chi connectivity index (χ4n) is 2.21. The molecule has 0 saturated heterocycles. The summed E-state index contributed by atoms with van der Waals surface area (Å²) in [4.78, 5) is 0. The van der Waals surface area contributed by atoms with E-state index in [1.807, 2.05) is 37.3 Å². The van der Waals surface area contributed by atoms with E-state index < -0.39 is 0 Å². The summed E-state index contributed by atoms with van der Waals surface area (Å²) >= 11 is 0. The third kappa shape index (κ3) is 2.96. The molecule has 2 aromatic carbocycles.